The van der Waals surface area contributed by atoms with Gasteiger partial charge in [0.15, 0.2) is 0 Å². The molecule has 2 rings (SSSR count). The molecule has 0 atom stereocenters. The van der Waals surface area contributed by atoms with Gasteiger partial charge in [0.05, 0.1) is 20.3 Å². The lowest BCUT2D eigenvalue weighted by Crippen LogP contribution is -2.26. The van der Waals surface area contributed by atoms with Gasteiger partial charge in [0.1, 0.15) is 23.9 Å². The van der Waals surface area contributed by atoms with Crippen LogP contribution in [-0.4, -0.2) is 32.8 Å². The van der Waals surface area contributed by atoms with E-state index in [-0.39, 0.29) is 5.91 Å². The molecule has 138 valence electrons. The zero-order valence-corrected chi connectivity index (χ0v) is 15.2. The Hall–Kier alpha value is -2.95. The van der Waals surface area contributed by atoms with E-state index in [1.807, 2.05) is 48.5 Å². The molecule has 0 aliphatic rings. The maximum atomic E-state index is 11.9. The van der Waals surface area contributed by atoms with Crippen LogP contribution in [0.1, 0.15) is 18.9 Å². The van der Waals surface area contributed by atoms with Crippen LogP contribution in [0.25, 0.3) is 6.08 Å². The van der Waals surface area contributed by atoms with E-state index in [2.05, 4.69) is 12.2 Å². The second kappa shape index (κ2) is 10.8. The summed E-state index contributed by atoms with van der Waals surface area (Å²) < 4.78 is 16.3. The van der Waals surface area contributed by atoms with Crippen LogP contribution in [-0.2, 0) is 4.79 Å². The Morgan fingerprint density at radius 2 is 1.73 bits per heavy atom. The third kappa shape index (κ3) is 6.51. The van der Waals surface area contributed by atoms with Gasteiger partial charge in [-0.1, -0.05) is 25.1 Å². The van der Waals surface area contributed by atoms with Gasteiger partial charge in [0.25, 0.3) is 0 Å². The maximum absolute atomic E-state index is 11.9. The molecule has 0 heterocycles. The predicted octanol–water partition coefficient (Wildman–Crippen LogP) is 3.69. The highest BCUT2D eigenvalue weighted by molar-refractivity contribution is 5.92. The van der Waals surface area contributed by atoms with Crippen molar-refractivity contribution in [3.05, 3.63) is 60.2 Å². The molecule has 2 aromatic carbocycles. The lowest BCUT2D eigenvalue weighted by Gasteiger charge is -2.08. The Bertz CT molecular complexity index is 710. The minimum atomic E-state index is -0.173. The van der Waals surface area contributed by atoms with Gasteiger partial charge in [-0.05, 0) is 42.8 Å². The Kier molecular flexibility index (Phi) is 8.06. The number of carbonyl (C=O) groups excluding carboxylic acids is 1. The number of carbonyl (C=O) groups is 1. The summed E-state index contributed by atoms with van der Waals surface area (Å²) in [5.74, 6) is 2.12. The summed E-state index contributed by atoms with van der Waals surface area (Å²) in [5.41, 5.74) is 0.880. The molecule has 0 radical (unpaired) electrons. The van der Waals surface area contributed by atoms with Crippen molar-refractivity contribution in [2.24, 2.45) is 0 Å². The molecule has 2 aromatic rings. The van der Waals surface area contributed by atoms with Gasteiger partial charge < -0.3 is 19.5 Å². The lowest BCUT2D eigenvalue weighted by atomic mass is 10.2. The molecule has 26 heavy (non-hydrogen) atoms. The number of hydrogen-bond acceptors (Lipinski definition) is 4. The average molecular weight is 355 g/mol. The number of nitrogens with one attached hydrogen (secondary N) is 1. The fourth-order valence-corrected chi connectivity index (χ4v) is 2.20. The molecular weight excluding hydrogens is 330 g/mol. The quantitative estimate of drug-likeness (QED) is 0.522. The van der Waals surface area contributed by atoms with Crippen molar-refractivity contribution in [3.8, 4) is 17.2 Å². The zero-order chi connectivity index (χ0) is 18.6. The third-order valence-electron chi connectivity index (χ3n) is 3.52. The molecule has 0 bridgehead atoms. The van der Waals surface area contributed by atoms with E-state index in [1.54, 1.807) is 13.2 Å². The number of para-hydroxylation sites is 1. The first-order valence-electron chi connectivity index (χ1n) is 8.67. The molecular formula is C21H25NO4. The fraction of sp³-hybridized carbons (Fsp3) is 0.286. The molecule has 0 spiro atoms. The van der Waals surface area contributed by atoms with E-state index in [0.717, 1.165) is 29.2 Å². The number of methoxy groups -OCH3 is 1. The minimum absolute atomic E-state index is 0.173. The first kappa shape index (κ1) is 19.4. The van der Waals surface area contributed by atoms with E-state index < -0.39 is 0 Å². The van der Waals surface area contributed by atoms with Crippen LogP contribution in [0.2, 0.25) is 0 Å². The van der Waals surface area contributed by atoms with Crippen molar-refractivity contribution >= 4 is 12.0 Å². The highest BCUT2D eigenvalue weighted by Crippen LogP contribution is 2.19. The second-order valence-electron chi connectivity index (χ2n) is 5.53. The Morgan fingerprint density at radius 3 is 2.46 bits per heavy atom. The number of amides is 1. The standard InChI is InChI=1S/C21H25NO4/c1-3-15-26-20-7-5-4-6-17(20)8-13-21(23)22-14-16-25-19-11-9-18(24-2)10-12-19/h4-13H,3,14-16H2,1-2H3,(H,22,23)/b13-8+. The summed E-state index contributed by atoms with van der Waals surface area (Å²) in [4.78, 5) is 11.9. The molecule has 0 aliphatic carbocycles. The molecule has 1 amide bonds. The van der Waals surface area contributed by atoms with Crippen molar-refractivity contribution in [3.63, 3.8) is 0 Å². The molecule has 5 heteroatoms. The van der Waals surface area contributed by atoms with Crippen molar-refractivity contribution in [2.45, 2.75) is 13.3 Å². The Balaban J connectivity index is 1.75. The highest BCUT2D eigenvalue weighted by atomic mass is 16.5. The van der Waals surface area contributed by atoms with Gasteiger partial charge in [0, 0.05) is 11.6 Å². The number of hydrogen-bond donors (Lipinski definition) is 1. The van der Waals surface area contributed by atoms with E-state index in [4.69, 9.17) is 14.2 Å². The van der Waals surface area contributed by atoms with Crippen LogP contribution in [0.3, 0.4) is 0 Å². The summed E-state index contributed by atoms with van der Waals surface area (Å²) in [6, 6.07) is 15.0. The average Bonchev–Trinajstić information content (AvgIpc) is 2.69. The first-order chi connectivity index (χ1) is 12.7. The maximum Gasteiger partial charge on any atom is 0.244 e. The van der Waals surface area contributed by atoms with Crippen molar-refractivity contribution in [1.29, 1.82) is 0 Å². The minimum Gasteiger partial charge on any atom is -0.497 e. The summed E-state index contributed by atoms with van der Waals surface area (Å²) in [5, 5.41) is 2.79. The van der Waals surface area contributed by atoms with Gasteiger partial charge in [-0.3, -0.25) is 4.79 Å². The van der Waals surface area contributed by atoms with E-state index in [9.17, 15) is 4.79 Å². The second-order valence-corrected chi connectivity index (χ2v) is 5.53. The van der Waals surface area contributed by atoms with E-state index in [0.29, 0.717) is 19.8 Å². The summed E-state index contributed by atoms with van der Waals surface area (Å²) >= 11 is 0. The Labute approximate surface area is 154 Å². The SMILES string of the molecule is CCCOc1ccccc1/C=C/C(=O)NCCOc1ccc(OC)cc1. The van der Waals surface area contributed by atoms with Gasteiger partial charge in [0.2, 0.25) is 5.91 Å². The monoisotopic (exact) mass is 355 g/mol. The zero-order valence-electron chi connectivity index (χ0n) is 15.2. The largest absolute Gasteiger partial charge is 0.497 e. The molecule has 1 N–H and O–H groups in total. The van der Waals surface area contributed by atoms with Crippen molar-refractivity contribution in [2.75, 3.05) is 26.9 Å². The van der Waals surface area contributed by atoms with Crippen LogP contribution in [0.15, 0.2) is 54.6 Å². The van der Waals surface area contributed by atoms with Crippen LogP contribution in [0, 0.1) is 0 Å². The summed E-state index contributed by atoms with van der Waals surface area (Å²) in [7, 11) is 1.62. The van der Waals surface area contributed by atoms with E-state index >= 15 is 0 Å². The molecule has 0 saturated carbocycles. The van der Waals surface area contributed by atoms with Gasteiger partial charge in [-0.2, -0.15) is 0 Å². The molecule has 0 unspecified atom stereocenters. The molecule has 0 aromatic heterocycles. The lowest BCUT2D eigenvalue weighted by molar-refractivity contribution is -0.116. The fourth-order valence-electron chi connectivity index (χ4n) is 2.20. The smallest absolute Gasteiger partial charge is 0.244 e. The normalized spacial score (nSPS) is 10.5. The Morgan fingerprint density at radius 1 is 1.00 bits per heavy atom. The van der Waals surface area contributed by atoms with Crippen LogP contribution in [0.4, 0.5) is 0 Å². The van der Waals surface area contributed by atoms with Crippen molar-refractivity contribution in [1.82, 2.24) is 5.32 Å². The molecule has 0 fully saturated rings. The van der Waals surface area contributed by atoms with Crippen LogP contribution >= 0.6 is 0 Å². The van der Waals surface area contributed by atoms with E-state index in [1.165, 1.54) is 6.08 Å². The third-order valence-corrected chi connectivity index (χ3v) is 3.52. The predicted molar refractivity (Wildman–Crippen MR) is 103 cm³/mol. The summed E-state index contributed by atoms with van der Waals surface area (Å²) in [6.45, 7) is 3.52. The van der Waals surface area contributed by atoms with Crippen LogP contribution in [0.5, 0.6) is 17.2 Å². The number of benzene rings is 2. The van der Waals surface area contributed by atoms with Crippen LogP contribution < -0.4 is 19.5 Å². The summed E-state index contributed by atoms with van der Waals surface area (Å²) in [6.07, 6.45) is 4.19. The topological polar surface area (TPSA) is 56.8 Å². The van der Waals surface area contributed by atoms with Gasteiger partial charge >= 0.3 is 0 Å². The molecule has 5 nitrogen and oxygen atoms in total. The molecule has 0 saturated heterocycles. The highest BCUT2D eigenvalue weighted by Gasteiger charge is 2.01. The van der Waals surface area contributed by atoms with Gasteiger partial charge in [-0.25, -0.2) is 0 Å². The number of ether oxygens (including phenoxy) is 3. The molecule has 0 aliphatic heterocycles. The van der Waals surface area contributed by atoms with Gasteiger partial charge in [-0.15, -0.1) is 0 Å². The first-order valence-corrected chi connectivity index (χ1v) is 8.67. The number of rotatable bonds is 10. The van der Waals surface area contributed by atoms with Crippen molar-refractivity contribution < 1.29 is 19.0 Å².